The minimum atomic E-state index is -0.398. The normalized spacial score (nSPS) is 20.8. The van der Waals surface area contributed by atoms with Crippen LogP contribution in [0.4, 0.5) is 0 Å². The first kappa shape index (κ1) is 15.8. The molecule has 2 aromatic carbocycles. The van der Waals surface area contributed by atoms with Crippen LogP contribution in [0.2, 0.25) is 0 Å². The first-order valence-electron chi connectivity index (χ1n) is 8.72. The Balaban J connectivity index is 2.14. The Hall–Kier alpha value is -2.75. The summed E-state index contributed by atoms with van der Waals surface area (Å²) in [7, 11) is 0. The lowest BCUT2D eigenvalue weighted by molar-refractivity contribution is 0.0843. The zero-order valence-electron chi connectivity index (χ0n) is 14.3. The average Bonchev–Trinajstić information content (AvgIpc) is 2.71. The van der Waals surface area contributed by atoms with Crippen molar-refractivity contribution in [1.29, 1.82) is 0 Å². The number of rotatable bonds is 2. The number of carbonyl (C=O) groups excluding carboxylic acids is 3. The number of hydrogen-bond acceptors (Lipinski definition) is 3. The fourth-order valence-corrected chi connectivity index (χ4v) is 4.25. The van der Waals surface area contributed by atoms with Crippen molar-refractivity contribution in [2.75, 3.05) is 0 Å². The monoisotopic (exact) mass is 333 g/mol. The molecule has 2 aliphatic rings. The van der Waals surface area contributed by atoms with Crippen LogP contribution in [-0.2, 0) is 0 Å². The molecule has 0 spiro atoms. The Morgan fingerprint density at radius 3 is 2.12 bits per heavy atom. The summed E-state index contributed by atoms with van der Waals surface area (Å²) in [6.07, 6.45) is 4.47. The predicted octanol–water partition coefficient (Wildman–Crippen LogP) is 4.13. The van der Waals surface area contributed by atoms with Crippen molar-refractivity contribution in [3.8, 4) is 0 Å². The molecule has 1 aliphatic carbocycles. The quantitative estimate of drug-likeness (QED) is 0.841. The van der Waals surface area contributed by atoms with E-state index in [4.69, 9.17) is 0 Å². The first-order chi connectivity index (χ1) is 12.1. The molecule has 1 heterocycles. The van der Waals surface area contributed by atoms with E-state index in [-0.39, 0.29) is 11.7 Å². The Bertz CT molecular complexity index is 964. The molecule has 1 aliphatic heterocycles. The van der Waals surface area contributed by atoms with Crippen molar-refractivity contribution in [2.24, 2.45) is 5.92 Å². The second-order valence-corrected chi connectivity index (χ2v) is 6.71. The van der Waals surface area contributed by atoms with Gasteiger partial charge >= 0.3 is 0 Å². The molecular formula is C21H19NO3. The third-order valence-electron chi connectivity index (χ3n) is 5.31. The molecule has 0 radical (unpaired) electrons. The van der Waals surface area contributed by atoms with E-state index in [1.54, 1.807) is 18.2 Å². The van der Waals surface area contributed by atoms with Gasteiger partial charge in [0.15, 0.2) is 5.78 Å². The SMILES string of the molecule is CC=C1c2ccc3c4c(ccc(c24)C(=O)CC1CCC)C(=O)NC3=O. The Morgan fingerprint density at radius 1 is 0.960 bits per heavy atom. The largest absolute Gasteiger partial charge is 0.294 e. The summed E-state index contributed by atoms with van der Waals surface area (Å²) in [4.78, 5) is 37.4. The fraction of sp³-hybridized carbons (Fsp3) is 0.286. The van der Waals surface area contributed by atoms with E-state index in [1.807, 2.05) is 13.0 Å². The summed E-state index contributed by atoms with van der Waals surface area (Å²) in [6.45, 7) is 4.11. The van der Waals surface area contributed by atoms with E-state index in [0.717, 1.165) is 29.4 Å². The van der Waals surface area contributed by atoms with Crippen LogP contribution in [0.15, 0.2) is 30.3 Å². The average molecular weight is 333 g/mol. The molecule has 0 fully saturated rings. The van der Waals surface area contributed by atoms with Gasteiger partial charge in [0, 0.05) is 33.9 Å². The highest BCUT2D eigenvalue weighted by Crippen LogP contribution is 2.42. The van der Waals surface area contributed by atoms with Crippen LogP contribution in [0.1, 0.15) is 69.7 Å². The number of amides is 2. The summed E-state index contributed by atoms with van der Waals surface area (Å²) in [5.41, 5.74) is 3.66. The summed E-state index contributed by atoms with van der Waals surface area (Å²) >= 11 is 0. The summed E-state index contributed by atoms with van der Waals surface area (Å²) in [5.74, 6) is -0.548. The fourth-order valence-electron chi connectivity index (χ4n) is 4.25. The maximum absolute atomic E-state index is 12.9. The molecule has 25 heavy (non-hydrogen) atoms. The van der Waals surface area contributed by atoms with Gasteiger partial charge in [0.25, 0.3) is 11.8 Å². The van der Waals surface area contributed by atoms with Crippen molar-refractivity contribution in [2.45, 2.75) is 33.1 Å². The van der Waals surface area contributed by atoms with Crippen LogP contribution >= 0.6 is 0 Å². The second kappa shape index (κ2) is 5.66. The Morgan fingerprint density at radius 2 is 1.52 bits per heavy atom. The highest BCUT2D eigenvalue weighted by Gasteiger charge is 2.32. The molecule has 2 amide bonds. The predicted molar refractivity (Wildman–Crippen MR) is 96.7 cm³/mol. The minimum Gasteiger partial charge on any atom is -0.294 e. The Labute approximate surface area is 145 Å². The summed E-state index contributed by atoms with van der Waals surface area (Å²) < 4.78 is 0. The number of Topliss-reactive ketones (excluding diaryl/α,β-unsaturated/α-hetero) is 1. The van der Waals surface area contributed by atoms with Crippen LogP contribution in [0.3, 0.4) is 0 Å². The van der Waals surface area contributed by atoms with Gasteiger partial charge in [-0.25, -0.2) is 0 Å². The van der Waals surface area contributed by atoms with Gasteiger partial charge in [0.05, 0.1) is 0 Å². The molecular weight excluding hydrogens is 314 g/mol. The maximum Gasteiger partial charge on any atom is 0.258 e. The van der Waals surface area contributed by atoms with Crippen LogP contribution in [0.5, 0.6) is 0 Å². The van der Waals surface area contributed by atoms with Crippen molar-refractivity contribution >= 4 is 33.9 Å². The van der Waals surface area contributed by atoms with Gasteiger partial charge in [0.1, 0.15) is 0 Å². The lowest BCUT2D eigenvalue weighted by Gasteiger charge is -2.21. The van der Waals surface area contributed by atoms with Crippen molar-refractivity contribution < 1.29 is 14.4 Å². The van der Waals surface area contributed by atoms with Gasteiger partial charge in [-0.3, -0.25) is 19.7 Å². The topological polar surface area (TPSA) is 63.2 Å². The van der Waals surface area contributed by atoms with E-state index in [9.17, 15) is 14.4 Å². The third kappa shape index (κ3) is 2.17. The molecule has 1 unspecified atom stereocenters. The van der Waals surface area contributed by atoms with Crippen LogP contribution in [-0.4, -0.2) is 17.6 Å². The summed E-state index contributed by atoms with van der Waals surface area (Å²) in [6, 6.07) is 7.11. The Kier molecular flexibility index (Phi) is 3.57. The van der Waals surface area contributed by atoms with Gasteiger partial charge in [-0.2, -0.15) is 0 Å². The van der Waals surface area contributed by atoms with Crippen LogP contribution in [0, 0.1) is 5.92 Å². The highest BCUT2D eigenvalue weighted by atomic mass is 16.2. The highest BCUT2D eigenvalue weighted by molar-refractivity contribution is 6.29. The molecule has 4 rings (SSSR count). The molecule has 4 heteroatoms. The van der Waals surface area contributed by atoms with E-state index < -0.39 is 11.8 Å². The molecule has 4 nitrogen and oxygen atoms in total. The molecule has 0 aromatic heterocycles. The molecule has 0 bridgehead atoms. The lowest BCUT2D eigenvalue weighted by Crippen LogP contribution is -2.34. The zero-order chi connectivity index (χ0) is 17.7. The third-order valence-corrected chi connectivity index (χ3v) is 5.31. The second-order valence-electron chi connectivity index (χ2n) is 6.71. The molecule has 126 valence electrons. The number of ketones is 1. The minimum absolute atomic E-state index is 0.0821. The van der Waals surface area contributed by atoms with Crippen LogP contribution < -0.4 is 5.32 Å². The van der Waals surface area contributed by atoms with E-state index in [2.05, 4.69) is 18.3 Å². The number of nitrogens with one attached hydrogen (secondary N) is 1. The lowest BCUT2D eigenvalue weighted by atomic mass is 9.84. The molecule has 1 N–H and O–H groups in total. The van der Waals surface area contributed by atoms with Gasteiger partial charge in [-0.05, 0) is 48.6 Å². The van der Waals surface area contributed by atoms with Crippen molar-refractivity contribution in [1.82, 2.24) is 5.32 Å². The van der Waals surface area contributed by atoms with Crippen molar-refractivity contribution in [3.63, 3.8) is 0 Å². The molecule has 0 saturated heterocycles. The number of allylic oxidation sites excluding steroid dienone is 2. The summed E-state index contributed by atoms with van der Waals surface area (Å²) in [5, 5.41) is 3.75. The van der Waals surface area contributed by atoms with E-state index >= 15 is 0 Å². The van der Waals surface area contributed by atoms with Gasteiger partial charge in [-0.1, -0.05) is 25.5 Å². The zero-order valence-corrected chi connectivity index (χ0v) is 14.3. The van der Waals surface area contributed by atoms with E-state index in [1.165, 1.54) is 0 Å². The van der Waals surface area contributed by atoms with Crippen molar-refractivity contribution in [3.05, 3.63) is 52.6 Å². The van der Waals surface area contributed by atoms with Gasteiger partial charge in [-0.15, -0.1) is 0 Å². The number of carbonyl (C=O) groups is 3. The standard InChI is InChI=1S/C21H19NO3/c1-3-5-11-10-17(23)14-7-9-16-19-15(20(24)22-21(16)25)8-6-13(18(14)19)12(11)4-2/h4,6-9,11H,3,5,10H2,1-2H3,(H,22,24,25). The van der Waals surface area contributed by atoms with Gasteiger partial charge < -0.3 is 0 Å². The molecule has 0 saturated carbocycles. The van der Waals surface area contributed by atoms with E-state index in [0.29, 0.717) is 28.5 Å². The maximum atomic E-state index is 12.9. The van der Waals surface area contributed by atoms with Crippen LogP contribution in [0.25, 0.3) is 16.3 Å². The molecule has 2 aromatic rings. The van der Waals surface area contributed by atoms with Gasteiger partial charge in [0.2, 0.25) is 0 Å². The number of hydrogen-bond donors (Lipinski definition) is 1. The first-order valence-corrected chi connectivity index (χ1v) is 8.72. The number of benzene rings is 2. The smallest absolute Gasteiger partial charge is 0.258 e. The number of imide groups is 1. The molecule has 1 atom stereocenters.